The lowest BCUT2D eigenvalue weighted by Gasteiger charge is -2.16. The summed E-state index contributed by atoms with van der Waals surface area (Å²) in [6, 6.07) is 0.433. The van der Waals surface area contributed by atoms with Gasteiger partial charge in [0.2, 0.25) is 5.91 Å². The van der Waals surface area contributed by atoms with E-state index in [1.165, 1.54) is 0 Å². The summed E-state index contributed by atoms with van der Waals surface area (Å²) in [6.45, 7) is 0. The summed E-state index contributed by atoms with van der Waals surface area (Å²) < 4.78 is 0. The average molecular weight is 259 g/mol. The number of rotatable bonds is 5. The third kappa shape index (κ3) is 3.04. The maximum absolute atomic E-state index is 11.1. The fourth-order valence-electron chi connectivity index (χ4n) is 2.33. The number of thioether (sulfide) groups is 1. The van der Waals surface area contributed by atoms with Crippen LogP contribution >= 0.6 is 11.8 Å². The third-order valence-corrected chi connectivity index (χ3v) is 4.71. The van der Waals surface area contributed by atoms with Gasteiger partial charge in [0.1, 0.15) is 0 Å². The van der Waals surface area contributed by atoms with Gasteiger partial charge in [0, 0.05) is 17.4 Å². The molecule has 2 aliphatic heterocycles. The van der Waals surface area contributed by atoms with Crippen molar-refractivity contribution in [3.05, 3.63) is 0 Å². The molecule has 6 nitrogen and oxygen atoms in total. The van der Waals surface area contributed by atoms with Crippen LogP contribution in [-0.4, -0.2) is 40.2 Å². The summed E-state index contributed by atoms with van der Waals surface area (Å²) in [4.78, 5) is 21.9. The van der Waals surface area contributed by atoms with Crippen LogP contribution in [0.25, 0.3) is 0 Å². The minimum Gasteiger partial charge on any atom is -0.332 e. The number of urea groups is 1. The number of hydroxylamine groups is 1. The fourth-order valence-corrected chi connectivity index (χ4v) is 3.87. The quantitative estimate of drug-likeness (QED) is 0.246. The smallest absolute Gasteiger partial charge is 0.315 e. The molecule has 7 heteroatoms. The van der Waals surface area contributed by atoms with Gasteiger partial charge in [-0.15, -0.1) is 0 Å². The molecule has 96 valence electrons. The van der Waals surface area contributed by atoms with Crippen LogP contribution in [0.5, 0.6) is 0 Å². The minimum atomic E-state index is -0.335. The Balaban J connectivity index is 1.66. The lowest BCUT2D eigenvalue weighted by molar-refractivity contribution is -0.129. The lowest BCUT2D eigenvalue weighted by atomic mass is 10.0. The summed E-state index contributed by atoms with van der Waals surface area (Å²) >= 11 is 1.87. The zero-order chi connectivity index (χ0) is 12.3. The normalized spacial score (nSPS) is 30.6. The van der Waals surface area contributed by atoms with Crippen LogP contribution in [0.2, 0.25) is 0 Å². The lowest BCUT2D eigenvalue weighted by Crippen LogP contribution is -2.36. The Bertz CT molecular complexity index is 313. The van der Waals surface area contributed by atoms with Crippen molar-refractivity contribution in [1.82, 2.24) is 16.1 Å². The van der Waals surface area contributed by atoms with Gasteiger partial charge in [0.25, 0.3) is 0 Å². The summed E-state index contributed by atoms with van der Waals surface area (Å²) in [6.07, 6.45) is 3.05. The van der Waals surface area contributed by atoms with Crippen molar-refractivity contribution in [2.24, 2.45) is 0 Å². The number of amides is 3. The van der Waals surface area contributed by atoms with Gasteiger partial charge in [0.15, 0.2) is 0 Å². The predicted octanol–water partition coefficient (Wildman–Crippen LogP) is 0.218. The van der Waals surface area contributed by atoms with E-state index in [1.807, 2.05) is 11.8 Å². The van der Waals surface area contributed by atoms with Crippen LogP contribution in [0.1, 0.15) is 25.7 Å². The fraction of sp³-hybridized carbons (Fsp3) is 0.800. The standard InChI is InChI=1S/C10H17N3O3S/c14-8(13-16)4-2-1-3-7-9-6(5-17-7)11-10(15)12-9/h6-7,9,16H,1-5H2,(H,13,14)(H2,11,12,15)/t6?,7-,9-/m0/s1. The highest BCUT2D eigenvalue weighted by molar-refractivity contribution is 8.00. The molecule has 0 aromatic carbocycles. The SMILES string of the molecule is O=C(CCCC[C@@H]1SCC2NC(=O)N[C@@H]21)NO. The van der Waals surface area contributed by atoms with E-state index in [0.717, 1.165) is 25.0 Å². The van der Waals surface area contributed by atoms with Gasteiger partial charge in [-0.05, 0) is 12.8 Å². The van der Waals surface area contributed by atoms with E-state index in [4.69, 9.17) is 5.21 Å². The molecule has 0 aliphatic carbocycles. The minimum absolute atomic E-state index is 0.0649. The highest BCUT2D eigenvalue weighted by Crippen LogP contribution is 2.33. The van der Waals surface area contributed by atoms with Crippen LogP contribution < -0.4 is 16.1 Å². The molecule has 0 saturated carbocycles. The maximum atomic E-state index is 11.1. The molecular formula is C10H17N3O3S. The number of unbranched alkanes of at least 4 members (excludes halogenated alkanes) is 1. The van der Waals surface area contributed by atoms with E-state index < -0.39 is 0 Å². The van der Waals surface area contributed by atoms with Gasteiger partial charge in [-0.2, -0.15) is 11.8 Å². The van der Waals surface area contributed by atoms with Crippen molar-refractivity contribution in [2.45, 2.75) is 43.0 Å². The van der Waals surface area contributed by atoms with Crippen LogP contribution in [0.3, 0.4) is 0 Å². The molecule has 2 heterocycles. The van der Waals surface area contributed by atoms with E-state index in [0.29, 0.717) is 11.7 Å². The number of hydrogen-bond donors (Lipinski definition) is 4. The van der Waals surface area contributed by atoms with Gasteiger partial charge >= 0.3 is 6.03 Å². The highest BCUT2D eigenvalue weighted by Gasteiger charge is 2.42. The highest BCUT2D eigenvalue weighted by atomic mass is 32.2. The van der Waals surface area contributed by atoms with Crippen LogP contribution in [0, 0.1) is 0 Å². The molecule has 3 atom stereocenters. The second kappa shape index (κ2) is 5.59. The van der Waals surface area contributed by atoms with E-state index >= 15 is 0 Å². The second-order valence-electron chi connectivity index (χ2n) is 4.40. The summed E-state index contributed by atoms with van der Waals surface area (Å²) in [5.74, 6) is 0.628. The van der Waals surface area contributed by atoms with Crippen molar-refractivity contribution in [3.8, 4) is 0 Å². The molecule has 1 unspecified atom stereocenters. The first-order chi connectivity index (χ1) is 8.20. The molecular weight excluding hydrogens is 242 g/mol. The van der Waals surface area contributed by atoms with Crippen LogP contribution in [0.4, 0.5) is 4.79 Å². The molecule has 0 aromatic heterocycles. The molecule has 2 rings (SSSR count). The Labute approximate surface area is 104 Å². The van der Waals surface area contributed by atoms with Gasteiger partial charge in [-0.3, -0.25) is 10.0 Å². The Kier molecular flexibility index (Phi) is 4.11. The average Bonchev–Trinajstić information content (AvgIpc) is 2.84. The number of carbonyl (C=O) groups is 2. The van der Waals surface area contributed by atoms with Gasteiger partial charge in [-0.1, -0.05) is 6.42 Å². The van der Waals surface area contributed by atoms with Crippen molar-refractivity contribution in [1.29, 1.82) is 0 Å². The Morgan fingerprint density at radius 3 is 3.06 bits per heavy atom. The summed E-state index contributed by atoms with van der Waals surface area (Å²) in [5.41, 5.74) is 1.63. The maximum Gasteiger partial charge on any atom is 0.315 e. The van der Waals surface area contributed by atoms with Gasteiger partial charge in [0.05, 0.1) is 12.1 Å². The molecule has 17 heavy (non-hydrogen) atoms. The van der Waals surface area contributed by atoms with Crippen molar-refractivity contribution < 1.29 is 14.8 Å². The largest absolute Gasteiger partial charge is 0.332 e. The molecule has 0 spiro atoms. The predicted molar refractivity (Wildman–Crippen MR) is 63.9 cm³/mol. The first-order valence-electron chi connectivity index (χ1n) is 5.82. The zero-order valence-electron chi connectivity index (χ0n) is 9.44. The molecule has 2 fully saturated rings. The van der Waals surface area contributed by atoms with E-state index in [9.17, 15) is 9.59 Å². The van der Waals surface area contributed by atoms with E-state index in [1.54, 1.807) is 5.48 Å². The van der Waals surface area contributed by atoms with Crippen molar-refractivity contribution in [3.63, 3.8) is 0 Å². The number of hydrogen-bond acceptors (Lipinski definition) is 4. The second-order valence-corrected chi connectivity index (χ2v) is 5.67. The van der Waals surface area contributed by atoms with Crippen LogP contribution in [0.15, 0.2) is 0 Å². The third-order valence-electron chi connectivity index (χ3n) is 3.21. The van der Waals surface area contributed by atoms with E-state index in [-0.39, 0.29) is 24.0 Å². The Hall–Kier alpha value is -0.950. The topological polar surface area (TPSA) is 90.5 Å². The molecule has 0 bridgehead atoms. The Morgan fingerprint density at radius 2 is 2.29 bits per heavy atom. The first-order valence-corrected chi connectivity index (χ1v) is 6.87. The molecule has 0 aromatic rings. The summed E-state index contributed by atoms with van der Waals surface area (Å²) in [7, 11) is 0. The molecule has 2 saturated heterocycles. The van der Waals surface area contributed by atoms with Gasteiger partial charge in [-0.25, -0.2) is 10.3 Å². The number of nitrogens with one attached hydrogen (secondary N) is 3. The molecule has 4 N–H and O–H groups in total. The Morgan fingerprint density at radius 1 is 1.47 bits per heavy atom. The van der Waals surface area contributed by atoms with E-state index in [2.05, 4.69) is 10.6 Å². The van der Waals surface area contributed by atoms with Gasteiger partial charge < -0.3 is 10.6 Å². The number of carbonyl (C=O) groups excluding carboxylic acids is 2. The monoisotopic (exact) mass is 259 g/mol. The zero-order valence-corrected chi connectivity index (χ0v) is 10.3. The van der Waals surface area contributed by atoms with Crippen LogP contribution in [-0.2, 0) is 4.79 Å². The molecule has 2 aliphatic rings. The van der Waals surface area contributed by atoms with Crippen molar-refractivity contribution >= 4 is 23.7 Å². The van der Waals surface area contributed by atoms with Crippen molar-refractivity contribution in [2.75, 3.05) is 5.75 Å². The number of fused-ring (bicyclic) bond motifs is 1. The summed E-state index contributed by atoms with van der Waals surface area (Å²) in [5, 5.41) is 14.6. The molecule has 3 amide bonds. The molecule has 0 radical (unpaired) electrons. The first kappa shape index (κ1) is 12.5.